The molecule has 0 radical (unpaired) electrons. The van der Waals surface area contributed by atoms with Gasteiger partial charge in [-0.1, -0.05) is 6.07 Å². The standard InChI is InChI=1S/C17H20FN3/c1-13-3-2-4-17(19-13)21-11-9-16(10-12-21)20-15-7-5-14(18)6-8-15/h2-8,16,20H,9-12H2,1H3. The topological polar surface area (TPSA) is 28.2 Å². The summed E-state index contributed by atoms with van der Waals surface area (Å²) in [6, 6.07) is 13.2. The van der Waals surface area contributed by atoms with E-state index >= 15 is 0 Å². The molecule has 3 nitrogen and oxygen atoms in total. The molecule has 0 aliphatic carbocycles. The minimum Gasteiger partial charge on any atom is -0.382 e. The third kappa shape index (κ3) is 3.51. The average molecular weight is 285 g/mol. The number of benzene rings is 1. The molecule has 1 aromatic carbocycles. The van der Waals surface area contributed by atoms with Crippen molar-refractivity contribution in [2.24, 2.45) is 0 Å². The molecule has 1 aliphatic rings. The van der Waals surface area contributed by atoms with Crippen molar-refractivity contribution in [3.05, 3.63) is 54.0 Å². The van der Waals surface area contributed by atoms with Gasteiger partial charge in [0.25, 0.3) is 0 Å². The highest BCUT2D eigenvalue weighted by Gasteiger charge is 2.19. The zero-order valence-corrected chi connectivity index (χ0v) is 12.2. The molecular formula is C17H20FN3. The van der Waals surface area contributed by atoms with Crippen LogP contribution in [0.15, 0.2) is 42.5 Å². The molecule has 0 spiro atoms. The quantitative estimate of drug-likeness (QED) is 0.933. The number of halogens is 1. The summed E-state index contributed by atoms with van der Waals surface area (Å²) in [7, 11) is 0. The molecule has 1 aromatic heterocycles. The highest BCUT2D eigenvalue weighted by molar-refractivity contribution is 5.45. The largest absolute Gasteiger partial charge is 0.382 e. The van der Waals surface area contributed by atoms with E-state index in [1.54, 1.807) is 12.1 Å². The van der Waals surface area contributed by atoms with Gasteiger partial charge in [-0.05, 0) is 56.2 Å². The maximum atomic E-state index is 12.9. The minimum atomic E-state index is -0.194. The van der Waals surface area contributed by atoms with Gasteiger partial charge in [-0.2, -0.15) is 0 Å². The van der Waals surface area contributed by atoms with E-state index < -0.39 is 0 Å². The maximum absolute atomic E-state index is 12.9. The highest BCUT2D eigenvalue weighted by Crippen LogP contribution is 2.21. The zero-order valence-electron chi connectivity index (χ0n) is 12.2. The van der Waals surface area contributed by atoms with Gasteiger partial charge < -0.3 is 10.2 Å². The lowest BCUT2D eigenvalue weighted by molar-refractivity contribution is 0.523. The van der Waals surface area contributed by atoms with Gasteiger partial charge in [0.1, 0.15) is 11.6 Å². The molecule has 4 heteroatoms. The number of anilines is 2. The Morgan fingerprint density at radius 2 is 1.81 bits per heavy atom. The number of nitrogens with zero attached hydrogens (tertiary/aromatic N) is 2. The van der Waals surface area contributed by atoms with E-state index in [0.29, 0.717) is 6.04 Å². The van der Waals surface area contributed by atoms with Crippen LogP contribution >= 0.6 is 0 Å². The van der Waals surface area contributed by atoms with Gasteiger partial charge in [0.05, 0.1) is 0 Å². The molecule has 2 aromatic rings. The predicted octanol–water partition coefficient (Wildman–Crippen LogP) is 3.61. The van der Waals surface area contributed by atoms with Gasteiger partial charge in [0.15, 0.2) is 0 Å². The van der Waals surface area contributed by atoms with E-state index in [-0.39, 0.29) is 5.82 Å². The molecule has 1 aliphatic heterocycles. The molecular weight excluding hydrogens is 265 g/mol. The summed E-state index contributed by atoms with van der Waals surface area (Å²) in [6.07, 6.45) is 2.12. The van der Waals surface area contributed by atoms with Crippen molar-refractivity contribution in [2.45, 2.75) is 25.8 Å². The molecule has 0 bridgehead atoms. The summed E-state index contributed by atoms with van der Waals surface area (Å²) in [6.45, 7) is 4.01. The number of hydrogen-bond donors (Lipinski definition) is 1. The van der Waals surface area contributed by atoms with Crippen LogP contribution in [0.5, 0.6) is 0 Å². The first-order chi connectivity index (χ1) is 10.2. The van der Waals surface area contributed by atoms with Gasteiger partial charge in [-0.3, -0.25) is 0 Å². The SMILES string of the molecule is Cc1cccc(N2CCC(Nc3ccc(F)cc3)CC2)n1. The summed E-state index contributed by atoms with van der Waals surface area (Å²) in [5.74, 6) is 0.871. The first-order valence-electron chi connectivity index (χ1n) is 7.41. The van der Waals surface area contributed by atoms with Crippen LogP contribution in [0.4, 0.5) is 15.9 Å². The second-order valence-electron chi connectivity index (χ2n) is 5.55. The number of pyridine rings is 1. The number of nitrogens with one attached hydrogen (secondary N) is 1. The molecule has 1 saturated heterocycles. The first-order valence-corrected chi connectivity index (χ1v) is 7.41. The Morgan fingerprint density at radius 1 is 1.10 bits per heavy atom. The second kappa shape index (κ2) is 6.12. The Balaban J connectivity index is 1.56. The fourth-order valence-corrected chi connectivity index (χ4v) is 2.74. The smallest absolute Gasteiger partial charge is 0.128 e. The van der Waals surface area contributed by atoms with Crippen molar-refractivity contribution in [3.8, 4) is 0 Å². The Kier molecular flexibility index (Phi) is 4.04. The van der Waals surface area contributed by atoms with Crippen LogP contribution in [-0.2, 0) is 0 Å². The molecule has 0 saturated carbocycles. The summed E-state index contributed by atoms with van der Waals surface area (Å²) >= 11 is 0. The minimum absolute atomic E-state index is 0.194. The van der Waals surface area contributed by atoms with Crippen molar-refractivity contribution < 1.29 is 4.39 Å². The summed E-state index contributed by atoms with van der Waals surface area (Å²) in [5.41, 5.74) is 2.04. The predicted molar refractivity (Wildman–Crippen MR) is 84.2 cm³/mol. The molecule has 1 N–H and O–H groups in total. The summed E-state index contributed by atoms with van der Waals surface area (Å²) in [5, 5.41) is 3.48. The van der Waals surface area contributed by atoms with Crippen molar-refractivity contribution in [2.75, 3.05) is 23.3 Å². The number of piperidine rings is 1. The highest BCUT2D eigenvalue weighted by atomic mass is 19.1. The molecule has 2 heterocycles. The molecule has 0 unspecified atom stereocenters. The Morgan fingerprint density at radius 3 is 2.48 bits per heavy atom. The number of aryl methyl sites for hydroxylation is 1. The molecule has 3 rings (SSSR count). The Hall–Kier alpha value is -2.10. The third-order valence-corrected chi connectivity index (χ3v) is 3.91. The van der Waals surface area contributed by atoms with E-state index in [1.165, 1.54) is 12.1 Å². The van der Waals surface area contributed by atoms with E-state index in [1.807, 2.05) is 13.0 Å². The van der Waals surface area contributed by atoms with E-state index in [4.69, 9.17) is 0 Å². The van der Waals surface area contributed by atoms with Crippen molar-refractivity contribution >= 4 is 11.5 Å². The van der Waals surface area contributed by atoms with Crippen LogP contribution in [0.1, 0.15) is 18.5 Å². The molecule has 0 atom stereocenters. The third-order valence-electron chi connectivity index (χ3n) is 3.91. The summed E-state index contributed by atoms with van der Waals surface area (Å²) in [4.78, 5) is 6.91. The van der Waals surface area contributed by atoms with E-state index in [9.17, 15) is 4.39 Å². The van der Waals surface area contributed by atoms with Gasteiger partial charge >= 0.3 is 0 Å². The second-order valence-corrected chi connectivity index (χ2v) is 5.55. The summed E-state index contributed by atoms with van der Waals surface area (Å²) < 4.78 is 12.9. The van der Waals surface area contributed by atoms with Crippen molar-refractivity contribution in [3.63, 3.8) is 0 Å². The molecule has 0 amide bonds. The fourth-order valence-electron chi connectivity index (χ4n) is 2.74. The Bertz CT molecular complexity index is 589. The van der Waals surface area contributed by atoms with Crippen molar-refractivity contribution in [1.82, 2.24) is 4.98 Å². The number of rotatable bonds is 3. The van der Waals surface area contributed by atoms with Gasteiger partial charge in [0.2, 0.25) is 0 Å². The van der Waals surface area contributed by atoms with E-state index in [2.05, 4.69) is 27.3 Å². The van der Waals surface area contributed by atoms with Crippen LogP contribution < -0.4 is 10.2 Å². The fraction of sp³-hybridized carbons (Fsp3) is 0.353. The number of hydrogen-bond acceptors (Lipinski definition) is 3. The van der Waals surface area contributed by atoms with Crippen molar-refractivity contribution in [1.29, 1.82) is 0 Å². The normalized spacial score (nSPS) is 16.0. The first kappa shape index (κ1) is 13.9. The maximum Gasteiger partial charge on any atom is 0.128 e. The van der Waals surface area contributed by atoms with Gasteiger partial charge in [-0.15, -0.1) is 0 Å². The lowest BCUT2D eigenvalue weighted by Crippen LogP contribution is -2.39. The molecule has 110 valence electrons. The molecule has 21 heavy (non-hydrogen) atoms. The van der Waals surface area contributed by atoms with Crippen LogP contribution in [0.3, 0.4) is 0 Å². The van der Waals surface area contributed by atoms with Crippen LogP contribution in [0.25, 0.3) is 0 Å². The van der Waals surface area contributed by atoms with Crippen LogP contribution in [0, 0.1) is 12.7 Å². The number of aromatic nitrogens is 1. The average Bonchev–Trinajstić information content (AvgIpc) is 2.50. The monoisotopic (exact) mass is 285 g/mol. The molecule has 1 fully saturated rings. The lowest BCUT2D eigenvalue weighted by Gasteiger charge is -2.33. The lowest BCUT2D eigenvalue weighted by atomic mass is 10.0. The zero-order chi connectivity index (χ0) is 14.7. The van der Waals surface area contributed by atoms with E-state index in [0.717, 1.165) is 43.1 Å². The van der Waals surface area contributed by atoms with Gasteiger partial charge in [0, 0.05) is 30.5 Å². The van der Waals surface area contributed by atoms with Gasteiger partial charge in [-0.25, -0.2) is 9.37 Å². The van der Waals surface area contributed by atoms with Crippen LogP contribution in [-0.4, -0.2) is 24.1 Å². The Labute approximate surface area is 124 Å². The van der Waals surface area contributed by atoms with Crippen LogP contribution in [0.2, 0.25) is 0 Å².